The molecule has 112 valence electrons. The van der Waals surface area contributed by atoms with E-state index in [4.69, 9.17) is 0 Å². The maximum atomic E-state index is 12.2. The fourth-order valence-corrected chi connectivity index (χ4v) is 4.06. The van der Waals surface area contributed by atoms with Crippen LogP contribution in [-0.2, 0) is 10.0 Å². The summed E-state index contributed by atoms with van der Waals surface area (Å²) in [7, 11) is -3.85. The molecule has 0 saturated carbocycles. The van der Waals surface area contributed by atoms with Gasteiger partial charge < -0.3 is 0 Å². The molecule has 3 rings (SSSR count). The van der Waals surface area contributed by atoms with Crippen molar-refractivity contribution in [1.29, 1.82) is 0 Å². The van der Waals surface area contributed by atoms with Crippen LogP contribution in [0.4, 0.5) is 10.7 Å². The summed E-state index contributed by atoms with van der Waals surface area (Å²) in [6.07, 6.45) is 1.65. The zero-order valence-electron chi connectivity index (χ0n) is 11.0. The predicted octanol–water partition coefficient (Wildman–Crippen LogP) is 3.01. The molecule has 7 nitrogen and oxygen atoms in total. The van der Waals surface area contributed by atoms with E-state index in [1.54, 1.807) is 30.5 Å². The number of hydrogen-bond donors (Lipinski definition) is 1. The fraction of sp³-hybridized carbons (Fsp3) is 0. The van der Waals surface area contributed by atoms with E-state index >= 15 is 0 Å². The van der Waals surface area contributed by atoms with Crippen molar-refractivity contribution in [2.75, 3.05) is 4.72 Å². The van der Waals surface area contributed by atoms with Crippen LogP contribution < -0.4 is 4.72 Å². The molecule has 0 bridgehead atoms. The minimum atomic E-state index is -3.85. The second-order valence-electron chi connectivity index (χ2n) is 4.37. The molecule has 2 aromatic heterocycles. The molecule has 2 heterocycles. The smallest absolute Gasteiger partial charge is 0.279 e. The van der Waals surface area contributed by atoms with Gasteiger partial charge in [-0.05, 0) is 41.7 Å². The van der Waals surface area contributed by atoms with Crippen molar-refractivity contribution in [3.63, 3.8) is 0 Å². The number of hydrogen-bond acceptors (Lipinski definition) is 6. The molecule has 9 heteroatoms. The molecule has 0 unspecified atom stereocenters. The summed E-state index contributed by atoms with van der Waals surface area (Å²) in [5.74, 6) is 0. The summed E-state index contributed by atoms with van der Waals surface area (Å²) in [4.78, 5) is 14.2. The molecule has 0 spiro atoms. The lowest BCUT2D eigenvalue weighted by molar-refractivity contribution is -0.380. The zero-order valence-corrected chi connectivity index (χ0v) is 12.6. The van der Waals surface area contributed by atoms with Crippen LogP contribution in [0.2, 0.25) is 0 Å². The van der Waals surface area contributed by atoms with Crippen LogP contribution in [0.1, 0.15) is 0 Å². The molecule has 1 N–H and O–H groups in total. The largest absolute Gasteiger partial charge is 0.325 e. The molecular weight excluding hydrogens is 326 g/mol. The van der Waals surface area contributed by atoms with Gasteiger partial charge in [0, 0.05) is 23.3 Å². The highest BCUT2D eigenvalue weighted by Gasteiger charge is 2.21. The SMILES string of the molecule is O=[N+]([O-])c1ccc(S(=O)(=O)Nc2ccc3ncccc3c2)s1. The number of benzene rings is 1. The summed E-state index contributed by atoms with van der Waals surface area (Å²) < 4.78 is 26.8. The van der Waals surface area contributed by atoms with Crippen LogP contribution in [-0.4, -0.2) is 18.3 Å². The van der Waals surface area contributed by atoms with Gasteiger partial charge in [0.1, 0.15) is 4.21 Å². The topological polar surface area (TPSA) is 102 Å². The Hall–Kier alpha value is -2.52. The van der Waals surface area contributed by atoms with E-state index < -0.39 is 14.9 Å². The average molecular weight is 335 g/mol. The Morgan fingerprint density at radius 1 is 1.18 bits per heavy atom. The summed E-state index contributed by atoms with van der Waals surface area (Å²) in [6.45, 7) is 0. The van der Waals surface area contributed by atoms with Crippen molar-refractivity contribution >= 4 is 43.0 Å². The lowest BCUT2D eigenvalue weighted by atomic mass is 10.2. The first-order valence-electron chi connectivity index (χ1n) is 6.07. The highest BCUT2D eigenvalue weighted by atomic mass is 32.2. The van der Waals surface area contributed by atoms with Crippen LogP contribution >= 0.6 is 11.3 Å². The van der Waals surface area contributed by atoms with Crippen molar-refractivity contribution < 1.29 is 13.3 Å². The Balaban J connectivity index is 1.93. The van der Waals surface area contributed by atoms with Crippen LogP contribution in [0.3, 0.4) is 0 Å². The predicted molar refractivity (Wildman–Crippen MR) is 83.5 cm³/mol. The second-order valence-corrected chi connectivity index (χ2v) is 7.34. The van der Waals surface area contributed by atoms with Crippen molar-refractivity contribution in [1.82, 2.24) is 4.98 Å². The van der Waals surface area contributed by atoms with E-state index in [0.717, 1.165) is 10.9 Å². The van der Waals surface area contributed by atoms with Gasteiger partial charge >= 0.3 is 5.00 Å². The van der Waals surface area contributed by atoms with Gasteiger partial charge in [0.15, 0.2) is 0 Å². The van der Waals surface area contributed by atoms with Gasteiger partial charge in [0.2, 0.25) is 0 Å². The van der Waals surface area contributed by atoms with Crippen molar-refractivity contribution in [3.8, 4) is 0 Å². The normalized spacial score (nSPS) is 11.5. The van der Waals surface area contributed by atoms with Gasteiger partial charge in [-0.25, -0.2) is 8.42 Å². The van der Waals surface area contributed by atoms with Crippen molar-refractivity contribution in [2.24, 2.45) is 0 Å². The summed E-state index contributed by atoms with van der Waals surface area (Å²) in [5, 5.41) is 11.2. The quantitative estimate of drug-likeness (QED) is 0.583. The van der Waals surface area contributed by atoms with Gasteiger partial charge in [-0.3, -0.25) is 19.8 Å². The highest BCUT2D eigenvalue weighted by Crippen LogP contribution is 2.29. The maximum Gasteiger partial charge on any atom is 0.325 e. The molecule has 0 amide bonds. The number of thiophene rings is 1. The third-order valence-electron chi connectivity index (χ3n) is 2.87. The van der Waals surface area contributed by atoms with E-state index in [1.807, 2.05) is 6.07 Å². The number of nitro groups is 1. The first kappa shape index (κ1) is 14.4. The van der Waals surface area contributed by atoms with E-state index in [0.29, 0.717) is 17.0 Å². The number of nitrogens with one attached hydrogen (secondary N) is 1. The number of rotatable bonds is 4. The average Bonchev–Trinajstić information content (AvgIpc) is 2.97. The number of pyridine rings is 1. The molecule has 0 radical (unpaired) electrons. The first-order valence-corrected chi connectivity index (χ1v) is 8.37. The molecule has 0 saturated heterocycles. The Bertz CT molecular complexity index is 966. The number of sulfonamides is 1. The monoisotopic (exact) mass is 335 g/mol. The number of fused-ring (bicyclic) bond motifs is 1. The highest BCUT2D eigenvalue weighted by molar-refractivity contribution is 7.94. The summed E-state index contributed by atoms with van der Waals surface area (Å²) >= 11 is 0.609. The Kier molecular flexibility index (Phi) is 3.51. The van der Waals surface area contributed by atoms with Crippen LogP contribution in [0, 0.1) is 10.1 Å². The molecule has 1 aromatic carbocycles. The summed E-state index contributed by atoms with van der Waals surface area (Å²) in [5.41, 5.74) is 1.12. The third kappa shape index (κ3) is 2.76. The van der Waals surface area contributed by atoms with E-state index in [1.165, 1.54) is 12.1 Å². The number of nitrogens with zero attached hydrogens (tertiary/aromatic N) is 2. The lowest BCUT2D eigenvalue weighted by Crippen LogP contribution is -2.11. The van der Waals surface area contributed by atoms with Crippen LogP contribution in [0.25, 0.3) is 10.9 Å². The minimum Gasteiger partial charge on any atom is -0.279 e. The maximum absolute atomic E-state index is 12.2. The molecule has 0 fully saturated rings. The van der Waals surface area contributed by atoms with Gasteiger partial charge in [0.05, 0.1) is 10.4 Å². The van der Waals surface area contributed by atoms with Crippen LogP contribution in [0.15, 0.2) is 52.9 Å². The molecular formula is C13H9N3O4S2. The number of anilines is 1. The van der Waals surface area contributed by atoms with E-state index in [9.17, 15) is 18.5 Å². The lowest BCUT2D eigenvalue weighted by Gasteiger charge is -2.06. The molecule has 0 atom stereocenters. The first-order chi connectivity index (χ1) is 10.5. The molecule has 0 aliphatic carbocycles. The van der Waals surface area contributed by atoms with Crippen molar-refractivity contribution in [2.45, 2.75) is 4.21 Å². The molecule has 0 aliphatic rings. The van der Waals surface area contributed by atoms with Crippen molar-refractivity contribution in [3.05, 3.63) is 58.8 Å². The zero-order chi connectivity index (χ0) is 15.7. The number of aromatic nitrogens is 1. The Morgan fingerprint density at radius 2 is 2.00 bits per heavy atom. The molecule has 22 heavy (non-hydrogen) atoms. The van der Waals surface area contributed by atoms with Gasteiger partial charge in [-0.15, -0.1) is 0 Å². The minimum absolute atomic E-state index is 0.106. The Labute approximate surface area is 129 Å². The van der Waals surface area contributed by atoms with E-state index in [-0.39, 0.29) is 9.21 Å². The second kappa shape index (κ2) is 5.35. The van der Waals surface area contributed by atoms with E-state index in [2.05, 4.69) is 9.71 Å². The fourth-order valence-electron chi connectivity index (χ4n) is 1.90. The molecule has 3 aromatic rings. The van der Waals surface area contributed by atoms with Gasteiger partial charge in [0.25, 0.3) is 10.0 Å². The van der Waals surface area contributed by atoms with Crippen LogP contribution in [0.5, 0.6) is 0 Å². The Morgan fingerprint density at radius 3 is 2.73 bits per heavy atom. The van der Waals surface area contributed by atoms with Gasteiger partial charge in [-0.1, -0.05) is 6.07 Å². The molecule has 0 aliphatic heterocycles. The standard InChI is InChI=1S/C13H9N3O4S2/c17-16(18)12-5-6-13(21-12)22(19,20)15-10-3-4-11-9(8-10)2-1-7-14-11/h1-8,15H. The summed E-state index contributed by atoms with van der Waals surface area (Å²) in [6, 6.07) is 10.9. The van der Waals surface area contributed by atoms with Gasteiger partial charge in [-0.2, -0.15) is 0 Å². The third-order valence-corrected chi connectivity index (χ3v) is 5.78.